The molecule has 1 heterocycles. The quantitative estimate of drug-likeness (QED) is 0.0740. The van der Waals surface area contributed by atoms with Crippen LogP contribution >= 0.6 is 0 Å². The van der Waals surface area contributed by atoms with Crippen LogP contribution in [0.1, 0.15) is 108 Å². The molecule has 2 bridgehead atoms. The smallest absolute Gasteiger partial charge is 0.404 e. The number of allylic oxidation sites excluding steroid dienone is 1. The number of rotatable bonds is 20. The summed E-state index contributed by atoms with van der Waals surface area (Å²) < 4.78 is 13.4. The van der Waals surface area contributed by atoms with E-state index in [0.717, 1.165) is 44.3 Å². The molecule has 10 heteroatoms. The van der Waals surface area contributed by atoms with Gasteiger partial charge in [-0.25, -0.2) is 0 Å². The fraction of sp³-hybridized carbons (Fsp3) is 0.889. The second kappa shape index (κ2) is 17.3. The zero-order valence-electron chi connectivity index (χ0n) is 30.6. The van der Waals surface area contributed by atoms with Gasteiger partial charge in [0.15, 0.2) is 0 Å². The largest absolute Gasteiger partial charge is 0.481 e. The van der Waals surface area contributed by atoms with E-state index in [1.54, 1.807) is 6.92 Å². The second-order valence-corrected chi connectivity index (χ2v) is 16.4. The number of hydrogen-bond acceptors (Lipinski definition) is 8. The van der Waals surface area contributed by atoms with Crippen LogP contribution < -0.4 is 21.3 Å². The van der Waals surface area contributed by atoms with E-state index in [0.29, 0.717) is 49.1 Å². The normalized spacial score (nSPS) is 28.1. The van der Waals surface area contributed by atoms with Gasteiger partial charge in [0, 0.05) is 24.7 Å². The molecule has 3 saturated carbocycles. The maximum atomic E-state index is 14.0. The number of aliphatic hydroxyl groups is 1. The van der Waals surface area contributed by atoms with E-state index >= 15 is 0 Å². The second-order valence-electron chi connectivity index (χ2n) is 16.4. The van der Waals surface area contributed by atoms with E-state index in [1.165, 1.54) is 6.42 Å². The number of unbranched alkanes of at least 4 members (excludes halogenated alkanes) is 1. The summed E-state index contributed by atoms with van der Waals surface area (Å²) in [5.74, 6) is 2.00. The fourth-order valence-electron chi connectivity index (χ4n) is 7.86. The molecular formula is C36H66BN5O4. The first-order valence-electron chi connectivity index (χ1n) is 18.2. The zero-order valence-corrected chi connectivity index (χ0v) is 30.6. The number of amides is 1. The molecule has 1 saturated heterocycles. The summed E-state index contributed by atoms with van der Waals surface area (Å²) in [6.07, 6.45) is 6.88. The van der Waals surface area contributed by atoms with Crippen molar-refractivity contribution >= 4 is 13.0 Å². The van der Waals surface area contributed by atoms with Crippen LogP contribution in [0.15, 0.2) is 11.6 Å². The van der Waals surface area contributed by atoms with Crippen LogP contribution in [0.4, 0.5) is 0 Å². The lowest BCUT2D eigenvalue weighted by Gasteiger charge is -2.64. The number of carbonyl (C=O) groups excluding carboxylic acids is 1. The molecule has 0 unspecified atom stereocenters. The number of nitrogens with one attached hydrogen (secondary N) is 4. The highest BCUT2D eigenvalue weighted by Gasteiger charge is 2.68. The van der Waals surface area contributed by atoms with E-state index in [4.69, 9.17) is 9.31 Å². The average Bonchev–Trinajstić information content (AvgIpc) is 3.33. The van der Waals surface area contributed by atoms with Crippen LogP contribution in [-0.4, -0.2) is 80.1 Å². The molecule has 0 radical (unpaired) electrons. The molecule has 3 aliphatic carbocycles. The van der Waals surface area contributed by atoms with E-state index < -0.39 is 19.3 Å². The summed E-state index contributed by atoms with van der Waals surface area (Å²) in [7, 11) is -0.465. The maximum Gasteiger partial charge on any atom is 0.481 e. The van der Waals surface area contributed by atoms with Crippen LogP contribution in [0.2, 0.25) is 0 Å². The van der Waals surface area contributed by atoms with Crippen molar-refractivity contribution in [2.45, 2.75) is 144 Å². The Morgan fingerprint density at radius 1 is 1.04 bits per heavy atom. The van der Waals surface area contributed by atoms with Crippen molar-refractivity contribution in [1.82, 2.24) is 21.3 Å². The zero-order chi connectivity index (χ0) is 34.2. The summed E-state index contributed by atoms with van der Waals surface area (Å²) in [6.45, 7) is 24.1. The molecule has 1 aliphatic heterocycles. The van der Waals surface area contributed by atoms with E-state index in [2.05, 4.69) is 89.7 Å². The van der Waals surface area contributed by atoms with Crippen LogP contribution in [0.25, 0.3) is 0 Å². The molecule has 4 rings (SSSR count). The molecule has 46 heavy (non-hydrogen) atoms. The van der Waals surface area contributed by atoms with Gasteiger partial charge < -0.3 is 35.7 Å². The van der Waals surface area contributed by atoms with Gasteiger partial charge in [0.05, 0.1) is 35.9 Å². The predicted molar refractivity (Wildman–Crippen MR) is 187 cm³/mol. The molecule has 9 nitrogen and oxygen atoms in total. The number of aliphatic hydroxyl groups excluding tert-OH is 1. The van der Waals surface area contributed by atoms with Crippen molar-refractivity contribution in [3.63, 3.8) is 0 Å². The SMILES string of the molecule is CC(C)C=C(C#N)CNCCCC[C@H](NC[C@H](NCC(C)C)[C@@H](C)O)C(=O)N[C@@H](CC(C)C)B1O[C@@H]2C[C@@H]3C[C@@H](C3(C)C)[C@]2(C)O1. The summed E-state index contributed by atoms with van der Waals surface area (Å²) in [5.41, 5.74) is 0.694. The highest BCUT2D eigenvalue weighted by molar-refractivity contribution is 6.47. The summed E-state index contributed by atoms with van der Waals surface area (Å²) in [4.78, 5) is 14.0. The Morgan fingerprint density at radius 3 is 2.35 bits per heavy atom. The molecule has 4 fully saturated rings. The minimum atomic E-state index is -0.555. The van der Waals surface area contributed by atoms with Crippen LogP contribution in [0, 0.1) is 46.3 Å². The van der Waals surface area contributed by atoms with Crippen molar-refractivity contribution < 1.29 is 19.2 Å². The number of nitriles is 1. The molecule has 0 aromatic heterocycles. The third-order valence-corrected chi connectivity index (χ3v) is 10.7. The average molecular weight is 644 g/mol. The van der Waals surface area contributed by atoms with Crippen LogP contribution in [0.3, 0.4) is 0 Å². The maximum absolute atomic E-state index is 14.0. The Bertz CT molecular complexity index is 1040. The van der Waals surface area contributed by atoms with Crippen molar-refractivity contribution in [2.75, 3.05) is 26.2 Å². The highest BCUT2D eigenvalue weighted by atomic mass is 16.7. The molecule has 4 aliphatic rings. The number of carbonyl (C=O) groups is 1. The first kappa shape index (κ1) is 39.0. The van der Waals surface area contributed by atoms with Gasteiger partial charge in [0.25, 0.3) is 0 Å². The van der Waals surface area contributed by atoms with Gasteiger partial charge in [0.2, 0.25) is 5.91 Å². The van der Waals surface area contributed by atoms with Gasteiger partial charge in [0.1, 0.15) is 0 Å². The lowest BCUT2D eigenvalue weighted by Crippen LogP contribution is -2.65. The third kappa shape index (κ3) is 10.3. The van der Waals surface area contributed by atoms with Gasteiger partial charge in [-0.3, -0.25) is 4.79 Å². The van der Waals surface area contributed by atoms with Gasteiger partial charge in [-0.2, -0.15) is 5.26 Å². The Balaban J connectivity index is 1.66. The van der Waals surface area contributed by atoms with Crippen LogP contribution in [-0.2, 0) is 14.1 Å². The third-order valence-electron chi connectivity index (χ3n) is 10.7. The molecule has 8 atom stereocenters. The first-order valence-corrected chi connectivity index (χ1v) is 18.2. The lowest BCUT2D eigenvalue weighted by atomic mass is 9.43. The highest BCUT2D eigenvalue weighted by Crippen LogP contribution is 2.65. The molecule has 1 amide bonds. The van der Waals surface area contributed by atoms with Gasteiger partial charge in [-0.1, -0.05) is 67.9 Å². The minimum absolute atomic E-state index is 0.0460. The van der Waals surface area contributed by atoms with E-state index in [-0.39, 0.29) is 35.0 Å². The minimum Gasteiger partial charge on any atom is -0.404 e. The molecule has 0 aromatic rings. The number of nitrogens with zero attached hydrogens (tertiary/aromatic N) is 1. The topological polar surface area (TPSA) is 128 Å². The number of hydrogen-bond donors (Lipinski definition) is 5. The van der Waals surface area contributed by atoms with Gasteiger partial charge in [-0.05, 0) is 94.0 Å². The first-order chi connectivity index (χ1) is 21.6. The summed E-state index contributed by atoms with van der Waals surface area (Å²) >= 11 is 0. The Morgan fingerprint density at radius 2 is 1.76 bits per heavy atom. The Labute approximate surface area is 280 Å². The van der Waals surface area contributed by atoms with E-state index in [9.17, 15) is 15.2 Å². The van der Waals surface area contributed by atoms with E-state index in [1.807, 2.05) is 6.08 Å². The van der Waals surface area contributed by atoms with Crippen molar-refractivity contribution in [3.8, 4) is 6.07 Å². The Kier molecular flexibility index (Phi) is 14.6. The fourth-order valence-corrected chi connectivity index (χ4v) is 7.86. The Hall–Kier alpha value is -1.48. The van der Waals surface area contributed by atoms with Gasteiger partial charge >= 0.3 is 7.12 Å². The molecular weight excluding hydrogens is 577 g/mol. The monoisotopic (exact) mass is 644 g/mol. The molecule has 5 N–H and O–H groups in total. The molecule has 0 aromatic carbocycles. The van der Waals surface area contributed by atoms with Crippen molar-refractivity contribution in [1.29, 1.82) is 5.26 Å². The van der Waals surface area contributed by atoms with Crippen molar-refractivity contribution in [3.05, 3.63) is 11.6 Å². The van der Waals surface area contributed by atoms with Gasteiger partial charge in [-0.15, -0.1) is 0 Å². The lowest BCUT2D eigenvalue weighted by molar-refractivity contribution is -0.199. The summed E-state index contributed by atoms with van der Waals surface area (Å²) in [6, 6.07) is 1.70. The molecule has 262 valence electrons. The summed E-state index contributed by atoms with van der Waals surface area (Å²) in [5, 5.41) is 33.6. The molecule has 0 spiro atoms. The van der Waals surface area contributed by atoms with Crippen molar-refractivity contribution in [2.24, 2.45) is 35.0 Å². The predicted octanol–water partition coefficient (Wildman–Crippen LogP) is 4.60. The standard InChI is InChI=1S/C36H66BN5O4/c1-23(2)15-27(19-38)21-39-14-12-11-13-29(41-22-30(26(7)43)40-20-25(5)6)34(44)42-33(16-24(3)4)37-45-32-18-28-17-31(35(28,8)9)36(32,10)46-37/h15,23-26,28-33,39-41,43H,11-14,16-18,20-22H2,1-10H3,(H,42,44)/t26-,28+,29+,30+,31+,32-,33+,36+/m1/s1. The van der Waals surface area contributed by atoms with Crippen LogP contribution in [0.5, 0.6) is 0 Å².